The highest BCUT2D eigenvalue weighted by Gasteiger charge is 2.22. The number of carbonyl (C=O) groups is 1. The number of aromatic nitrogens is 3. The Morgan fingerprint density at radius 1 is 1.10 bits per heavy atom. The molecule has 7 nitrogen and oxygen atoms in total. The number of hydrogen-bond donors (Lipinski definition) is 1. The van der Waals surface area contributed by atoms with Gasteiger partial charge in [0.2, 0.25) is 11.9 Å². The number of rotatable bonds is 6. The molecule has 2 aromatic carbocycles. The predicted molar refractivity (Wildman–Crippen MR) is 118 cm³/mol. The van der Waals surface area contributed by atoms with Crippen LogP contribution in [0.3, 0.4) is 0 Å². The van der Waals surface area contributed by atoms with Crippen molar-refractivity contribution in [1.82, 2.24) is 14.8 Å². The Hall–Kier alpha value is -2.36. The zero-order valence-corrected chi connectivity index (χ0v) is 18.0. The molecule has 29 heavy (non-hydrogen) atoms. The standard InChI is InChI=1S/C20H20BrN5O2S/c21-15-5-4-6-16(13-15)22-18(27)14-29-20-24-23-19(25-9-11-28-12-10-25)26(20)17-7-2-1-3-8-17/h1-8,13H,9-12,14H2,(H,22,27). The van der Waals surface area contributed by atoms with Gasteiger partial charge in [-0.05, 0) is 30.3 Å². The van der Waals surface area contributed by atoms with Gasteiger partial charge < -0.3 is 15.0 Å². The van der Waals surface area contributed by atoms with Crippen LogP contribution in [0.4, 0.5) is 11.6 Å². The van der Waals surface area contributed by atoms with Crippen molar-refractivity contribution in [1.29, 1.82) is 0 Å². The Balaban J connectivity index is 1.52. The van der Waals surface area contributed by atoms with Crippen LogP contribution in [-0.2, 0) is 9.53 Å². The summed E-state index contributed by atoms with van der Waals surface area (Å²) in [5.41, 5.74) is 1.72. The summed E-state index contributed by atoms with van der Waals surface area (Å²) >= 11 is 4.78. The molecule has 0 aliphatic carbocycles. The first-order chi connectivity index (χ1) is 14.2. The molecule has 1 amide bonds. The van der Waals surface area contributed by atoms with E-state index in [9.17, 15) is 4.79 Å². The first-order valence-corrected chi connectivity index (χ1v) is 11.0. The largest absolute Gasteiger partial charge is 0.378 e. The third kappa shape index (κ3) is 4.98. The van der Waals surface area contributed by atoms with Crippen LogP contribution in [0.2, 0.25) is 0 Å². The van der Waals surface area contributed by atoms with Crippen LogP contribution in [-0.4, -0.2) is 52.7 Å². The molecule has 1 aliphatic heterocycles. The van der Waals surface area contributed by atoms with Crippen molar-refractivity contribution in [2.45, 2.75) is 5.16 Å². The Morgan fingerprint density at radius 3 is 2.66 bits per heavy atom. The number of nitrogens with one attached hydrogen (secondary N) is 1. The van der Waals surface area contributed by atoms with Gasteiger partial charge in [0.05, 0.1) is 24.7 Å². The van der Waals surface area contributed by atoms with E-state index in [0.717, 1.165) is 34.9 Å². The summed E-state index contributed by atoms with van der Waals surface area (Å²) < 4.78 is 8.38. The fourth-order valence-corrected chi connectivity index (χ4v) is 4.17. The lowest BCUT2D eigenvalue weighted by atomic mass is 10.3. The Labute approximate surface area is 181 Å². The van der Waals surface area contributed by atoms with E-state index in [2.05, 4.69) is 36.3 Å². The van der Waals surface area contributed by atoms with Gasteiger partial charge >= 0.3 is 0 Å². The van der Waals surface area contributed by atoms with Gasteiger partial charge in [-0.3, -0.25) is 9.36 Å². The molecule has 0 radical (unpaired) electrons. The number of amides is 1. The number of benzene rings is 2. The van der Waals surface area contributed by atoms with E-state index in [1.165, 1.54) is 11.8 Å². The minimum atomic E-state index is -0.0939. The zero-order valence-electron chi connectivity index (χ0n) is 15.6. The maximum Gasteiger partial charge on any atom is 0.234 e. The monoisotopic (exact) mass is 473 g/mol. The molecule has 0 unspecified atom stereocenters. The van der Waals surface area contributed by atoms with Crippen molar-refractivity contribution >= 4 is 45.2 Å². The van der Waals surface area contributed by atoms with Gasteiger partial charge in [-0.2, -0.15) is 0 Å². The van der Waals surface area contributed by atoms with Crippen molar-refractivity contribution in [2.24, 2.45) is 0 Å². The lowest BCUT2D eigenvalue weighted by Crippen LogP contribution is -2.37. The summed E-state index contributed by atoms with van der Waals surface area (Å²) in [5, 5.41) is 12.4. The van der Waals surface area contributed by atoms with Crippen LogP contribution in [0.25, 0.3) is 5.69 Å². The molecule has 1 aromatic heterocycles. The van der Waals surface area contributed by atoms with Crippen LogP contribution >= 0.6 is 27.7 Å². The Kier molecular flexibility index (Phi) is 6.48. The summed E-state index contributed by atoms with van der Waals surface area (Å²) in [4.78, 5) is 14.6. The summed E-state index contributed by atoms with van der Waals surface area (Å²) in [6.45, 7) is 2.86. The highest BCUT2D eigenvalue weighted by atomic mass is 79.9. The number of morpholine rings is 1. The number of thioether (sulfide) groups is 1. The molecule has 0 atom stereocenters. The Bertz CT molecular complexity index is 976. The SMILES string of the molecule is O=C(CSc1nnc(N2CCOCC2)n1-c1ccccc1)Nc1cccc(Br)c1. The average Bonchev–Trinajstić information content (AvgIpc) is 3.17. The molecule has 0 spiro atoms. The smallest absolute Gasteiger partial charge is 0.234 e. The third-order valence-electron chi connectivity index (χ3n) is 4.37. The van der Waals surface area contributed by atoms with Crippen LogP contribution in [0, 0.1) is 0 Å². The van der Waals surface area contributed by atoms with Crippen molar-refractivity contribution in [3.8, 4) is 5.69 Å². The van der Waals surface area contributed by atoms with E-state index in [1.807, 2.05) is 59.2 Å². The minimum absolute atomic E-state index is 0.0939. The topological polar surface area (TPSA) is 72.3 Å². The predicted octanol–water partition coefficient (Wildman–Crippen LogP) is 3.60. The first kappa shape index (κ1) is 19.9. The van der Waals surface area contributed by atoms with Crippen LogP contribution in [0.1, 0.15) is 0 Å². The highest BCUT2D eigenvalue weighted by molar-refractivity contribution is 9.10. The highest BCUT2D eigenvalue weighted by Crippen LogP contribution is 2.27. The van der Waals surface area contributed by atoms with Gasteiger partial charge in [0.1, 0.15) is 0 Å². The number of ether oxygens (including phenoxy) is 1. The molecule has 0 saturated carbocycles. The molecular formula is C20H20BrN5O2S. The lowest BCUT2D eigenvalue weighted by molar-refractivity contribution is -0.113. The fourth-order valence-electron chi connectivity index (χ4n) is 3.02. The molecular weight excluding hydrogens is 454 g/mol. The number of anilines is 2. The van der Waals surface area contributed by atoms with E-state index in [1.54, 1.807) is 0 Å². The van der Waals surface area contributed by atoms with Crippen molar-refractivity contribution in [3.63, 3.8) is 0 Å². The molecule has 150 valence electrons. The van der Waals surface area contributed by atoms with Gasteiger partial charge in [0.15, 0.2) is 5.16 Å². The second-order valence-electron chi connectivity index (χ2n) is 6.40. The van der Waals surface area contributed by atoms with Crippen molar-refractivity contribution in [2.75, 3.05) is 42.3 Å². The van der Waals surface area contributed by atoms with Gasteiger partial charge in [0.25, 0.3) is 0 Å². The second kappa shape index (κ2) is 9.43. The molecule has 3 aromatic rings. The maximum atomic E-state index is 12.4. The second-order valence-corrected chi connectivity index (χ2v) is 8.26. The van der Waals surface area contributed by atoms with Gasteiger partial charge in [-0.1, -0.05) is 52.0 Å². The number of halogens is 1. The summed E-state index contributed by atoms with van der Waals surface area (Å²) in [6, 6.07) is 17.5. The summed E-state index contributed by atoms with van der Waals surface area (Å²) in [6.07, 6.45) is 0. The minimum Gasteiger partial charge on any atom is -0.378 e. The zero-order chi connectivity index (χ0) is 20.1. The van der Waals surface area contributed by atoms with Crippen molar-refractivity contribution < 1.29 is 9.53 Å². The van der Waals surface area contributed by atoms with Crippen molar-refractivity contribution in [3.05, 3.63) is 59.1 Å². The van der Waals surface area contributed by atoms with E-state index >= 15 is 0 Å². The number of hydrogen-bond acceptors (Lipinski definition) is 6. The molecule has 1 N–H and O–H groups in total. The molecule has 2 heterocycles. The van der Waals surface area contributed by atoms with Crippen LogP contribution in [0.5, 0.6) is 0 Å². The van der Waals surface area contributed by atoms with E-state index < -0.39 is 0 Å². The summed E-state index contributed by atoms with van der Waals surface area (Å²) in [5.74, 6) is 0.915. The van der Waals surface area contributed by atoms with E-state index in [-0.39, 0.29) is 11.7 Å². The van der Waals surface area contributed by atoms with Gasteiger partial charge in [-0.15, -0.1) is 10.2 Å². The number of para-hydroxylation sites is 1. The fraction of sp³-hybridized carbons (Fsp3) is 0.250. The van der Waals surface area contributed by atoms with Gasteiger partial charge in [-0.25, -0.2) is 0 Å². The normalized spacial score (nSPS) is 14.0. The molecule has 4 rings (SSSR count). The molecule has 1 aliphatic rings. The maximum absolute atomic E-state index is 12.4. The first-order valence-electron chi connectivity index (χ1n) is 9.22. The number of nitrogens with zero attached hydrogens (tertiary/aromatic N) is 4. The summed E-state index contributed by atoms with van der Waals surface area (Å²) in [7, 11) is 0. The lowest BCUT2D eigenvalue weighted by Gasteiger charge is -2.27. The quantitative estimate of drug-likeness (QED) is 0.551. The molecule has 0 bridgehead atoms. The molecule has 1 fully saturated rings. The van der Waals surface area contributed by atoms with Crippen LogP contribution in [0.15, 0.2) is 64.2 Å². The Morgan fingerprint density at radius 2 is 1.90 bits per heavy atom. The van der Waals surface area contributed by atoms with Gasteiger partial charge in [0, 0.05) is 23.2 Å². The van der Waals surface area contributed by atoms with Crippen LogP contribution < -0.4 is 10.2 Å². The number of carbonyl (C=O) groups excluding carboxylic acids is 1. The average molecular weight is 474 g/mol. The van der Waals surface area contributed by atoms with E-state index in [4.69, 9.17) is 4.74 Å². The molecule has 9 heteroatoms. The molecule has 1 saturated heterocycles. The van der Waals surface area contributed by atoms with E-state index in [0.29, 0.717) is 18.4 Å². The third-order valence-corrected chi connectivity index (χ3v) is 5.79.